The Bertz CT molecular complexity index is 302. The van der Waals surface area contributed by atoms with Crippen molar-refractivity contribution in [3.63, 3.8) is 0 Å². The van der Waals surface area contributed by atoms with Crippen molar-refractivity contribution in [1.82, 2.24) is 0 Å². The smallest absolute Gasteiger partial charge is 0.0372 e. The first-order chi connectivity index (χ1) is 6.81. The van der Waals surface area contributed by atoms with Crippen LogP contribution < -0.4 is 5.32 Å². The molecule has 0 spiro atoms. The summed E-state index contributed by atoms with van der Waals surface area (Å²) in [6.45, 7) is 4.44. The Morgan fingerprint density at radius 2 is 2.07 bits per heavy atom. The third-order valence-electron chi connectivity index (χ3n) is 3.12. The van der Waals surface area contributed by atoms with E-state index < -0.39 is 0 Å². The zero-order valence-corrected chi connectivity index (χ0v) is 9.09. The molecule has 1 heteroatoms. The van der Waals surface area contributed by atoms with Gasteiger partial charge < -0.3 is 5.32 Å². The topological polar surface area (TPSA) is 12.0 Å². The van der Waals surface area contributed by atoms with E-state index in [1.807, 2.05) is 0 Å². The lowest BCUT2D eigenvalue weighted by Crippen LogP contribution is -2.21. The summed E-state index contributed by atoms with van der Waals surface area (Å²) in [6.07, 6.45) is 4.06. The molecule has 0 heterocycles. The van der Waals surface area contributed by atoms with Crippen LogP contribution in [0.25, 0.3) is 0 Å². The molecule has 0 bridgehead atoms. The quantitative estimate of drug-likeness (QED) is 0.763. The van der Waals surface area contributed by atoms with Crippen molar-refractivity contribution in [2.75, 3.05) is 5.32 Å². The van der Waals surface area contributed by atoms with Gasteiger partial charge in [0, 0.05) is 11.7 Å². The van der Waals surface area contributed by atoms with Crippen LogP contribution in [-0.2, 0) is 0 Å². The van der Waals surface area contributed by atoms with E-state index in [4.69, 9.17) is 0 Å². The van der Waals surface area contributed by atoms with Gasteiger partial charge in [-0.05, 0) is 43.7 Å². The zero-order valence-electron chi connectivity index (χ0n) is 9.09. The van der Waals surface area contributed by atoms with Gasteiger partial charge in [0.2, 0.25) is 0 Å². The zero-order chi connectivity index (χ0) is 9.97. The van der Waals surface area contributed by atoms with Crippen molar-refractivity contribution in [2.24, 2.45) is 5.92 Å². The molecule has 14 heavy (non-hydrogen) atoms. The highest BCUT2D eigenvalue weighted by atomic mass is 14.9. The first kappa shape index (κ1) is 9.57. The lowest BCUT2D eigenvalue weighted by Gasteiger charge is -2.19. The molecule has 1 fully saturated rings. The molecule has 1 aliphatic carbocycles. The normalized spacial score (nSPS) is 17.9. The Morgan fingerprint density at radius 3 is 2.64 bits per heavy atom. The number of hydrogen-bond acceptors (Lipinski definition) is 1. The van der Waals surface area contributed by atoms with Gasteiger partial charge in [0.15, 0.2) is 0 Å². The van der Waals surface area contributed by atoms with Gasteiger partial charge in [0.25, 0.3) is 0 Å². The van der Waals surface area contributed by atoms with E-state index in [0.717, 1.165) is 5.92 Å². The summed E-state index contributed by atoms with van der Waals surface area (Å²) < 4.78 is 0. The van der Waals surface area contributed by atoms with Crippen molar-refractivity contribution in [2.45, 2.75) is 39.2 Å². The van der Waals surface area contributed by atoms with E-state index in [0.29, 0.717) is 6.04 Å². The average Bonchev–Trinajstić information content (AvgIpc) is 3.00. The summed E-state index contributed by atoms with van der Waals surface area (Å²) in [4.78, 5) is 0. The molecule has 1 unspecified atom stereocenters. The minimum Gasteiger partial charge on any atom is -0.382 e. The molecular formula is C13H19N. The summed E-state index contributed by atoms with van der Waals surface area (Å²) in [5, 5.41) is 3.66. The molecule has 1 atom stereocenters. The highest BCUT2D eigenvalue weighted by molar-refractivity contribution is 5.51. The highest BCUT2D eigenvalue weighted by Gasteiger charge is 2.29. The molecule has 0 aliphatic heterocycles. The van der Waals surface area contributed by atoms with Crippen LogP contribution in [0.1, 0.15) is 31.7 Å². The molecule has 1 saturated carbocycles. The van der Waals surface area contributed by atoms with Crippen LogP contribution in [0.5, 0.6) is 0 Å². The van der Waals surface area contributed by atoms with E-state index >= 15 is 0 Å². The number of para-hydroxylation sites is 1. The van der Waals surface area contributed by atoms with Crippen molar-refractivity contribution < 1.29 is 0 Å². The van der Waals surface area contributed by atoms with Gasteiger partial charge in [-0.2, -0.15) is 0 Å². The largest absolute Gasteiger partial charge is 0.382 e. The molecule has 0 amide bonds. The van der Waals surface area contributed by atoms with Crippen LogP contribution >= 0.6 is 0 Å². The van der Waals surface area contributed by atoms with Crippen LogP contribution in [-0.4, -0.2) is 6.04 Å². The van der Waals surface area contributed by atoms with Gasteiger partial charge in [0.1, 0.15) is 0 Å². The maximum absolute atomic E-state index is 3.66. The fourth-order valence-corrected chi connectivity index (χ4v) is 1.99. The minimum absolute atomic E-state index is 0.691. The van der Waals surface area contributed by atoms with Crippen molar-refractivity contribution in [3.8, 4) is 0 Å². The van der Waals surface area contributed by atoms with E-state index in [1.165, 1.54) is 30.5 Å². The summed E-state index contributed by atoms with van der Waals surface area (Å²) in [7, 11) is 0. The molecule has 0 aromatic heterocycles. The van der Waals surface area contributed by atoms with E-state index in [-0.39, 0.29) is 0 Å². The van der Waals surface area contributed by atoms with Crippen LogP contribution in [0, 0.1) is 12.8 Å². The number of nitrogens with one attached hydrogen (secondary N) is 1. The second-order valence-electron chi connectivity index (χ2n) is 4.31. The van der Waals surface area contributed by atoms with Gasteiger partial charge in [-0.25, -0.2) is 0 Å². The SMILES string of the molecule is CCC(Nc1ccccc1C)C1CC1. The van der Waals surface area contributed by atoms with E-state index in [9.17, 15) is 0 Å². The third-order valence-corrected chi connectivity index (χ3v) is 3.12. The van der Waals surface area contributed by atoms with Gasteiger partial charge >= 0.3 is 0 Å². The maximum atomic E-state index is 3.66. The number of hydrogen-bond donors (Lipinski definition) is 1. The number of benzene rings is 1. The number of aryl methyl sites for hydroxylation is 1. The van der Waals surface area contributed by atoms with Crippen LogP contribution in [0.4, 0.5) is 5.69 Å². The molecular weight excluding hydrogens is 170 g/mol. The predicted octanol–water partition coefficient (Wildman–Crippen LogP) is 3.60. The Labute approximate surface area is 86.5 Å². The summed E-state index contributed by atoms with van der Waals surface area (Å²) in [6, 6.07) is 9.24. The monoisotopic (exact) mass is 189 g/mol. The van der Waals surface area contributed by atoms with Crippen LogP contribution in [0.2, 0.25) is 0 Å². The summed E-state index contributed by atoms with van der Waals surface area (Å²) in [5.74, 6) is 0.930. The Kier molecular flexibility index (Phi) is 2.76. The Balaban J connectivity index is 2.04. The molecule has 76 valence electrons. The first-order valence-electron chi connectivity index (χ1n) is 5.63. The highest BCUT2D eigenvalue weighted by Crippen LogP contribution is 2.35. The molecule has 1 nitrogen and oxygen atoms in total. The molecule has 1 aromatic rings. The molecule has 1 N–H and O–H groups in total. The van der Waals surface area contributed by atoms with Gasteiger partial charge in [-0.1, -0.05) is 25.1 Å². The maximum Gasteiger partial charge on any atom is 0.0372 e. The minimum atomic E-state index is 0.691. The first-order valence-corrected chi connectivity index (χ1v) is 5.63. The number of rotatable bonds is 4. The molecule has 1 aromatic carbocycles. The van der Waals surface area contributed by atoms with E-state index in [1.54, 1.807) is 0 Å². The number of anilines is 1. The summed E-state index contributed by atoms with van der Waals surface area (Å²) in [5.41, 5.74) is 2.66. The van der Waals surface area contributed by atoms with Gasteiger partial charge in [0.05, 0.1) is 0 Å². The van der Waals surface area contributed by atoms with Crippen molar-refractivity contribution >= 4 is 5.69 Å². The van der Waals surface area contributed by atoms with Crippen molar-refractivity contribution in [1.29, 1.82) is 0 Å². The second kappa shape index (κ2) is 4.04. The second-order valence-corrected chi connectivity index (χ2v) is 4.31. The van der Waals surface area contributed by atoms with Gasteiger partial charge in [-0.15, -0.1) is 0 Å². The lowest BCUT2D eigenvalue weighted by molar-refractivity contribution is 0.616. The van der Waals surface area contributed by atoms with Gasteiger partial charge in [-0.3, -0.25) is 0 Å². The molecule has 1 aliphatic rings. The molecule has 0 saturated heterocycles. The molecule has 0 radical (unpaired) electrons. The Morgan fingerprint density at radius 1 is 1.36 bits per heavy atom. The lowest BCUT2D eigenvalue weighted by atomic mass is 10.1. The van der Waals surface area contributed by atoms with E-state index in [2.05, 4.69) is 43.4 Å². The predicted molar refractivity (Wildman–Crippen MR) is 61.6 cm³/mol. The average molecular weight is 189 g/mol. The fraction of sp³-hybridized carbons (Fsp3) is 0.538. The Hall–Kier alpha value is -0.980. The third kappa shape index (κ3) is 2.09. The standard InChI is InChI=1S/C13H19N/c1-3-12(11-8-9-11)14-13-7-5-4-6-10(13)2/h4-7,11-12,14H,3,8-9H2,1-2H3. The van der Waals surface area contributed by atoms with Crippen LogP contribution in [0.15, 0.2) is 24.3 Å². The van der Waals surface area contributed by atoms with Crippen LogP contribution in [0.3, 0.4) is 0 Å². The molecule has 2 rings (SSSR count). The fourth-order valence-electron chi connectivity index (χ4n) is 1.99. The summed E-state index contributed by atoms with van der Waals surface area (Å²) >= 11 is 0. The van der Waals surface area contributed by atoms with Crippen molar-refractivity contribution in [3.05, 3.63) is 29.8 Å².